The summed E-state index contributed by atoms with van der Waals surface area (Å²) < 4.78 is 0. The Bertz CT molecular complexity index is 404. The normalized spacial score (nSPS) is 10.6. The molecule has 0 aromatic heterocycles. The maximum atomic E-state index is 10.5. The smallest absolute Gasteiger partial charge is 0.270 e. The van der Waals surface area contributed by atoms with Crippen LogP contribution >= 0.6 is 11.6 Å². The second-order valence-corrected chi connectivity index (χ2v) is 3.46. The van der Waals surface area contributed by atoms with Gasteiger partial charge >= 0.3 is 0 Å². The van der Waals surface area contributed by atoms with Crippen molar-refractivity contribution in [1.29, 1.82) is 0 Å². The van der Waals surface area contributed by atoms with Crippen molar-refractivity contribution >= 4 is 23.5 Å². The number of hydrazone groups is 1. The highest BCUT2D eigenvalue weighted by molar-refractivity contribution is 6.33. The lowest BCUT2D eigenvalue weighted by atomic mass is 10.2. The molecule has 6 heteroatoms. The predicted molar refractivity (Wildman–Crippen MR) is 59.4 cm³/mol. The quantitative estimate of drug-likeness (QED) is 0.452. The molecule has 0 unspecified atom stereocenters. The number of nitro groups is 1. The lowest BCUT2D eigenvalue weighted by Crippen LogP contribution is -2.02. The van der Waals surface area contributed by atoms with E-state index in [1.165, 1.54) is 24.4 Å². The first-order valence-corrected chi connectivity index (χ1v) is 4.54. The summed E-state index contributed by atoms with van der Waals surface area (Å²) in [6, 6.07) is 4.22. The largest absolute Gasteiger partial charge is 0.303 e. The lowest BCUT2D eigenvalue weighted by molar-refractivity contribution is -0.384. The number of halogens is 1. The predicted octanol–water partition coefficient (Wildman–Crippen LogP) is 2.14. The van der Waals surface area contributed by atoms with Crippen LogP contribution < -0.4 is 0 Å². The molecule has 15 heavy (non-hydrogen) atoms. The van der Waals surface area contributed by atoms with Crippen molar-refractivity contribution in [2.75, 3.05) is 14.1 Å². The summed E-state index contributed by atoms with van der Waals surface area (Å²) in [6.07, 6.45) is 1.48. The van der Waals surface area contributed by atoms with E-state index in [1.807, 2.05) is 0 Å². The van der Waals surface area contributed by atoms with E-state index in [2.05, 4.69) is 5.10 Å². The fourth-order valence-corrected chi connectivity index (χ4v) is 1.09. The first-order chi connectivity index (χ1) is 7.00. The third-order valence-corrected chi connectivity index (χ3v) is 1.96. The summed E-state index contributed by atoms with van der Waals surface area (Å²) in [6.45, 7) is 0. The molecule has 5 nitrogen and oxygen atoms in total. The van der Waals surface area contributed by atoms with Gasteiger partial charge in [-0.25, -0.2) is 0 Å². The minimum Gasteiger partial charge on any atom is -0.303 e. The maximum absolute atomic E-state index is 10.5. The van der Waals surface area contributed by atoms with Crippen LogP contribution in [0.2, 0.25) is 5.02 Å². The number of benzene rings is 1. The average molecular weight is 228 g/mol. The SMILES string of the molecule is CN(C)N=Cc1cc([N+](=O)[O-])ccc1Cl. The Morgan fingerprint density at radius 2 is 2.20 bits per heavy atom. The first-order valence-electron chi connectivity index (χ1n) is 4.16. The molecule has 0 bridgehead atoms. The van der Waals surface area contributed by atoms with E-state index in [0.717, 1.165) is 0 Å². The molecule has 0 N–H and O–H groups in total. The number of hydrogen-bond donors (Lipinski definition) is 0. The second-order valence-electron chi connectivity index (χ2n) is 3.05. The zero-order valence-corrected chi connectivity index (χ0v) is 9.10. The molecule has 0 saturated carbocycles. The van der Waals surface area contributed by atoms with E-state index in [-0.39, 0.29) is 5.69 Å². The minimum atomic E-state index is -0.469. The summed E-state index contributed by atoms with van der Waals surface area (Å²) in [5.74, 6) is 0. The third-order valence-electron chi connectivity index (χ3n) is 1.62. The zero-order valence-electron chi connectivity index (χ0n) is 8.35. The fraction of sp³-hybridized carbons (Fsp3) is 0.222. The molecule has 0 saturated heterocycles. The molecule has 0 fully saturated rings. The van der Waals surface area contributed by atoms with Gasteiger partial charge in [-0.05, 0) is 6.07 Å². The lowest BCUT2D eigenvalue weighted by Gasteiger charge is -2.03. The molecule has 0 aliphatic heterocycles. The van der Waals surface area contributed by atoms with E-state index in [0.29, 0.717) is 10.6 Å². The summed E-state index contributed by atoms with van der Waals surface area (Å²) in [5, 5.41) is 16.5. The van der Waals surface area contributed by atoms with Gasteiger partial charge in [0.1, 0.15) is 0 Å². The van der Waals surface area contributed by atoms with Gasteiger partial charge in [0.15, 0.2) is 0 Å². The Kier molecular flexibility index (Phi) is 3.62. The molecule has 1 aromatic rings. The van der Waals surface area contributed by atoms with Crippen molar-refractivity contribution in [2.45, 2.75) is 0 Å². The van der Waals surface area contributed by atoms with Gasteiger partial charge < -0.3 is 5.01 Å². The van der Waals surface area contributed by atoms with Gasteiger partial charge in [0.2, 0.25) is 0 Å². The molecule has 0 spiro atoms. The van der Waals surface area contributed by atoms with E-state index in [4.69, 9.17) is 11.6 Å². The second kappa shape index (κ2) is 4.75. The summed E-state index contributed by atoms with van der Waals surface area (Å²) >= 11 is 5.85. The van der Waals surface area contributed by atoms with Gasteiger partial charge in [0, 0.05) is 36.8 Å². The average Bonchev–Trinajstić information content (AvgIpc) is 2.16. The number of nitro benzene ring substituents is 1. The molecule has 80 valence electrons. The van der Waals surface area contributed by atoms with Crippen LogP contribution in [-0.4, -0.2) is 30.2 Å². The van der Waals surface area contributed by atoms with Gasteiger partial charge in [-0.15, -0.1) is 0 Å². The molecule has 0 atom stereocenters. The zero-order chi connectivity index (χ0) is 11.4. The van der Waals surface area contributed by atoms with Crippen molar-refractivity contribution in [1.82, 2.24) is 5.01 Å². The Morgan fingerprint density at radius 1 is 1.53 bits per heavy atom. The van der Waals surface area contributed by atoms with E-state index in [1.54, 1.807) is 19.1 Å². The Labute approximate surface area is 92.1 Å². The van der Waals surface area contributed by atoms with E-state index < -0.39 is 4.92 Å². The monoisotopic (exact) mass is 227 g/mol. The molecule has 1 rings (SSSR count). The Balaban J connectivity index is 3.05. The number of nitrogens with zero attached hydrogens (tertiary/aromatic N) is 3. The van der Waals surface area contributed by atoms with Crippen LogP contribution in [0.25, 0.3) is 0 Å². The number of hydrogen-bond acceptors (Lipinski definition) is 4. The highest BCUT2D eigenvalue weighted by Gasteiger charge is 2.07. The van der Waals surface area contributed by atoms with Crippen molar-refractivity contribution in [2.24, 2.45) is 5.10 Å². The first kappa shape index (κ1) is 11.5. The van der Waals surface area contributed by atoms with Crippen LogP contribution in [0.3, 0.4) is 0 Å². The fourth-order valence-electron chi connectivity index (χ4n) is 0.921. The van der Waals surface area contributed by atoms with E-state index >= 15 is 0 Å². The Morgan fingerprint density at radius 3 is 2.73 bits per heavy atom. The topological polar surface area (TPSA) is 58.7 Å². The Hall–Kier alpha value is -1.62. The van der Waals surface area contributed by atoms with Gasteiger partial charge in [0.25, 0.3) is 5.69 Å². The van der Waals surface area contributed by atoms with Crippen molar-refractivity contribution in [3.8, 4) is 0 Å². The van der Waals surface area contributed by atoms with Crippen molar-refractivity contribution in [3.63, 3.8) is 0 Å². The van der Waals surface area contributed by atoms with Crippen molar-refractivity contribution in [3.05, 3.63) is 38.9 Å². The standard InChI is InChI=1S/C9H10ClN3O2/c1-12(2)11-6-7-5-8(13(14)15)3-4-9(7)10/h3-6H,1-2H3. The molecular weight excluding hydrogens is 218 g/mol. The highest BCUT2D eigenvalue weighted by atomic mass is 35.5. The van der Waals surface area contributed by atoms with Crippen LogP contribution in [-0.2, 0) is 0 Å². The number of rotatable bonds is 3. The van der Waals surface area contributed by atoms with Crippen LogP contribution in [0.4, 0.5) is 5.69 Å². The van der Waals surface area contributed by atoms with Crippen molar-refractivity contribution < 1.29 is 4.92 Å². The number of non-ortho nitro benzene ring substituents is 1. The molecule has 0 aliphatic rings. The maximum Gasteiger partial charge on any atom is 0.270 e. The molecule has 0 aliphatic carbocycles. The third kappa shape index (κ3) is 3.21. The van der Waals surface area contributed by atoms with Crippen LogP contribution in [0, 0.1) is 10.1 Å². The molecular formula is C9H10ClN3O2. The minimum absolute atomic E-state index is 0.000365. The van der Waals surface area contributed by atoms with Gasteiger partial charge in [-0.1, -0.05) is 11.6 Å². The summed E-state index contributed by atoms with van der Waals surface area (Å²) in [5.41, 5.74) is 0.527. The summed E-state index contributed by atoms with van der Waals surface area (Å²) in [4.78, 5) is 10.0. The highest BCUT2D eigenvalue weighted by Crippen LogP contribution is 2.20. The van der Waals surface area contributed by atoms with Gasteiger partial charge in [0.05, 0.1) is 11.1 Å². The van der Waals surface area contributed by atoms with Gasteiger partial charge in [-0.2, -0.15) is 5.10 Å². The molecule has 0 radical (unpaired) electrons. The van der Waals surface area contributed by atoms with Gasteiger partial charge in [-0.3, -0.25) is 10.1 Å². The molecule has 0 heterocycles. The molecule has 1 aromatic carbocycles. The molecule has 0 amide bonds. The van der Waals surface area contributed by atoms with Crippen LogP contribution in [0.5, 0.6) is 0 Å². The van der Waals surface area contributed by atoms with E-state index in [9.17, 15) is 10.1 Å². The summed E-state index contributed by atoms with van der Waals surface area (Å²) in [7, 11) is 3.50. The van der Waals surface area contributed by atoms with Crippen LogP contribution in [0.15, 0.2) is 23.3 Å². The van der Waals surface area contributed by atoms with Crippen LogP contribution in [0.1, 0.15) is 5.56 Å².